The van der Waals surface area contributed by atoms with E-state index in [4.69, 9.17) is 21.4 Å². The number of piperidine rings is 1. The van der Waals surface area contributed by atoms with Gasteiger partial charge in [0, 0.05) is 29.2 Å². The van der Waals surface area contributed by atoms with Gasteiger partial charge in [0.15, 0.2) is 11.4 Å². The molecule has 2 N–H and O–H groups in total. The first kappa shape index (κ1) is 30.2. The van der Waals surface area contributed by atoms with E-state index in [1.54, 1.807) is 48.5 Å². The maximum atomic E-state index is 15.1. The summed E-state index contributed by atoms with van der Waals surface area (Å²) < 4.78 is 47.8. The molecular weight excluding hydrogens is 575 g/mol. The predicted octanol–water partition coefficient (Wildman–Crippen LogP) is 4.34. The van der Waals surface area contributed by atoms with Gasteiger partial charge in [-0.1, -0.05) is 11.6 Å². The van der Waals surface area contributed by atoms with Gasteiger partial charge in [0.05, 0.1) is 16.5 Å². The Kier molecular flexibility index (Phi) is 8.81. The van der Waals surface area contributed by atoms with Crippen LogP contribution in [0.2, 0.25) is 5.02 Å². The van der Waals surface area contributed by atoms with Crippen molar-refractivity contribution in [2.45, 2.75) is 43.0 Å². The Morgan fingerprint density at radius 2 is 1.49 bits per heavy atom. The standard InChI is InChI=1S/C29H28ClFN2O7S/c1-29(2,40-22-11-5-19(6-12-22)26(34)18-3-9-21(30)10-4-18)28(37)32-25-15-16-33(17-24(25)31)41(38,39)23-13-7-20(8-14-23)27(35)36/h3-14,24-25H,15-17H2,1-2H3,(H,32,37)(H,35,36)/t24-,25-/m1/s1. The van der Waals surface area contributed by atoms with Crippen molar-refractivity contribution in [3.8, 4) is 5.75 Å². The van der Waals surface area contributed by atoms with Crippen LogP contribution in [0.4, 0.5) is 4.39 Å². The summed E-state index contributed by atoms with van der Waals surface area (Å²) in [5.41, 5.74) is -0.586. The number of carbonyl (C=O) groups is 3. The van der Waals surface area contributed by atoms with Crippen LogP contribution >= 0.6 is 11.6 Å². The Labute approximate surface area is 241 Å². The number of hydrogen-bond acceptors (Lipinski definition) is 6. The van der Waals surface area contributed by atoms with E-state index in [2.05, 4.69) is 5.32 Å². The summed E-state index contributed by atoms with van der Waals surface area (Å²) in [5, 5.41) is 12.2. The third-order valence-corrected chi connectivity index (χ3v) is 8.83. The average molecular weight is 603 g/mol. The lowest BCUT2D eigenvalue weighted by Gasteiger charge is -2.36. The van der Waals surface area contributed by atoms with Crippen molar-refractivity contribution in [3.63, 3.8) is 0 Å². The Morgan fingerprint density at radius 1 is 0.951 bits per heavy atom. The van der Waals surface area contributed by atoms with Crippen LogP contribution in [-0.4, -0.2) is 66.4 Å². The normalized spacial score (nSPS) is 18.0. The first-order valence-corrected chi connectivity index (χ1v) is 14.5. The number of carboxylic acid groups (broad SMARTS) is 1. The Balaban J connectivity index is 1.35. The van der Waals surface area contributed by atoms with Crippen LogP contribution in [0, 0.1) is 0 Å². The molecule has 1 fully saturated rings. The molecule has 41 heavy (non-hydrogen) atoms. The van der Waals surface area contributed by atoms with E-state index in [9.17, 15) is 22.8 Å². The van der Waals surface area contributed by atoms with Crippen molar-refractivity contribution < 1.29 is 37.0 Å². The number of hydrogen-bond donors (Lipinski definition) is 2. The van der Waals surface area contributed by atoms with Crippen LogP contribution in [0.15, 0.2) is 77.7 Å². The van der Waals surface area contributed by atoms with Crippen LogP contribution in [0.3, 0.4) is 0 Å². The van der Waals surface area contributed by atoms with Gasteiger partial charge in [-0.2, -0.15) is 4.31 Å². The maximum Gasteiger partial charge on any atom is 0.335 e. The molecular formula is C29H28ClFN2O7S. The fourth-order valence-corrected chi connectivity index (χ4v) is 5.89. The van der Waals surface area contributed by atoms with Crippen LogP contribution in [0.5, 0.6) is 5.75 Å². The minimum Gasteiger partial charge on any atom is -0.478 e. The fourth-order valence-electron chi connectivity index (χ4n) is 4.30. The molecule has 0 unspecified atom stereocenters. The number of ether oxygens (including phenoxy) is 1. The molecule has 0 bridgehead atoms. The highest BCUT2D eigenvalue weighted by molar-refractivity contribution is 7.89. The highest BCUT2D eigenvalue weighted by Crippen LogP contribution is 2.25. The molecule has 1 heterocycles. The van der Waals surface area contributed by atoms with Gasteiger partial charge in [-0.15, -0.1) is 0 Å². The van der Waals surface area contributed by atoms with Crippen LogP contribution in [0.1, 0.15) is 46.5 Å². The van der Waals surface area contributed by atoms with Crippen molar-refractivity contribution in [3.05, 3.63) is 94.5 Å². The number of aromatic carboxylic acids is 1. The van der Waals surface area contributed by atoms with Gasteiger partial charge in [0.1, 0.15) is 11.9 Å². The second-order valence-corrected chi connectivity index (χ2v) is 12.4. The van der Waals surface area contributed by atoms with Gasteiger partial charge in [0.2, 0.25) is 10.0 Å². The second-order valence-electron chi connectivity index (χ2n) is 10.0. The van der Waals surface area contributed by atoms with Crippen molar-refractivity contribution in [1.29, 1.82) is 0 Å². The first-order valence-electron chi connectivity index (χ1n) is 12.7. The molecule has 0 spiro atoms. The number of nitrogens with one attached hydrogen (secondary N) is 1. The summed E-state index contributed by atoms with van der Waals surface area (Å²) in [6.07, 6.45) is -1.66. The molecule has 1 aliphatic heterocycles. The molecule has 12 heteroatoms. The molecule has 2 atom stereocenters. The number of carboxylic acids is 1. The first-order chi connectivity index (χ1) is 19.3. The quantitative estimate of drug-likeness (QED) is 0.348. The summed E-state index contributed by atoms with van der Waals surface area (Å²) in [6, 6.07) is 16.5. The summed E-state index contributed by atoms with van der Waals surface area (Å²) in [5.74, 6) is -1.66. The van der Waals surface area contributed by atoms with E-state index in [0.717, 1.165) is 4.31 Å². The highest BCUT2D eigenvalue weighted by atomic mass is 35.5. The van der Waals surface area contributed by atoms with E-state index in [-0.39, 0.29) is 29.2 Å². The lowest BCUT2D eigenvalue weighted by atomic mass is 10.0. The number of halogens is 2. The smallest absolute Gasteiger partial charge is 0.335 e. The zero-order valence-corrected chi connectivity index (χ0v) is 23.8. The second kappa shape index (κ2) is 12.0. The molecule has 1 amide bonds. The highest BCUT2D eigenvalue weighted by Gasteiger charge is 2.39. The third-order valence-electron chi connectivity index (χ3n) is 6.70. The molecule has 4 rings (SSSR count). The van der Waals surface area contributed by atoms with Gasteiger partial charge >= 0.3 is 5.97 Å². The number of ketones is 1. The molecule has 216 valence electrons. The Bertz CT molecular complexity index is 1540. The van der Waals surface area contributed by atoms with E-state index >= 15 is 4.39 Å². The van der Waals surface area contributed by atoms with Gasteiger partial charge in [-0.25, -0.2) is 17.6 Å². The lowest BCUT2D eigenvalue weighted by Crippen LogP contribution is -2.57. The van der Waals surface area contributed by atoms with Crippen molar-refractivity contribution >= 4 is 39.3 Å². The molecule has 1 saturated heterocycles. The van der Waals surface area contributed by atoms with E-state index in [1.165, 1.54) is 38.1 Å². The summed E-state index contributed by atoms with van der Waals surface area (Å²) in [6.45, 7) is 2.52. The molecule has 0 aromatic heterocycles. The van der Waals surface area contributed by atoms with E-state index < -0.39 is 46.3 Å². The number of carbonyl (C=O) groups excluding carboxylic acids is 2. The van der Waals surface area contributed by atoms with Crippen molar-refractivity contribution in [1.82, 2.24) is 9.62 Å². The van der Waals surface area contributed by atoms with Crippen LogP contribution < -0.4 is 10.1 Å². The Morgan fingerprint density at radius 3 is 2.02 bits per heavy atom. The molecule has 0 aliphatic carbocycles. The molecule has 0 radical (unpaired) electrons. The van der Waals surface area contributed by atoms with Crippen LogP contribution in [-0.2, 0) is 14.8 Å². The molecule has 3 aromatic carbocycles. The minimum atomic E-state index is -4.05. The largest absolute Gasteiger partial charge is 0.478 e. The van der Waals surface area contributed by atoms with Gasteiger partial charge < -0.3 is 15.2 Å². The van der Waals surface area contributed by atoms with Gasteiger partial charge in [-0.05, 0) is 93.1 Å². The number of benzene rings is 3. The van der Waals surface area contributed by atoms with Crippen LogP contribution in [0.25, 0.3) is 0 Å². The summed E-state index contributed by atoms with van der Waals surface area (Å²) in [4.78, 5) is 36.6. The summed E-state index contributed by atoms with van der Waals surface area (Å²) >= 11 is 5.88. The van der Waals surface area contributed by atoms with E-state index in [1.807, 2.05) is 0 Å². The molecule has 1 aliphatic rings. The number of alkyl halides is 1. The number of sulfonamides is 1. The minimum absolute atomic E-state index is 0.0247. The number of nitrogens with zero attached hydrogens (tertiary/aromatic N) is 1. The maximum absolute atomic E-state index is 15.1. The van der Waals surface area contributed by atoms with E-state index in [0.29, 0.717) is 21.9 Å². The number of rotatable bonds is 9. The topological polar surface area (TPSA) is 130 Å². The third kappa shape index (κ3) is 6.92. The van der Waals surface area contributed by atoms with Crippen molar-refractivity contribution in [2.24, 2.45) is 0 Å². The van der Waals surface area contributed by atoms with Gasteiger partial charge in [-0.3, -0.25) is 9.59 Å². The summed E-state index contributed by atoms with van der Waals surface area (Å²) in [7, 11) is -4.05. The SMILES string of the molecule is CC(C)(Oc1ccc(C(=O)c2ccc(Cl)cc2)cc1)C(=O)N[C@@H]1CCN(S(=O)(=O)c2ccc(C(=O)O)cc2)C[C@H]1F. The zero-order valence-electron chi connectivity index (χ0n) is 22.2. The average Bonchev–Trinajstić information content (AvgIpc) is 2.94. The number of amides is 1. The molecule has 0 saturated carbocycles. The molecule has 9 nitrogen and oxygen atoms in total. The Hall–Kier alpha value is -3.80. The zero-order chi connectivity index (χ0) is 29.9. The predicted molar refractivity (Wildman–Crippen MR) is 150 cm³/mol. The lowest BCUT2D eigenvalue weighted by molar-refractivity contribution is -0.135. The van der Waals surface area contributed by atoms with Gasteiger partial charge in [0.25, 0.3) is 5.91 Å². The monoisotopic (exact) mass is 602 g/mol. The fraction of sp³-hybridized carbons (Fsp3) is 0.276. The molecule has 3 aromatic rings. The van der Waals surface area contributed by atoms with Crippen molar-refractivity contribution in [2.75, 3.05) is 13.1 Å².